The number of cyclic esters (lactones) is 1. The molecule has 1 aliphatic carbocycles. The molecule has 14 heteroatoms. The van der Waals surface area contributed by atoms with Crippen LogP contribution in [0, 0.1) is 35.5 Å². The number of rotatable bonds is 6. The number of ketones is 3. The summed E-state index contributed by atoms with van der Waals surface area (Å²) in [4.78, 5) is 71.8. The molecule has 0 radical (unpaired) electrons. The highest BCUT2D eigenvalue weighted by molar-refractivity contribution is 6.39. The Hall–Kier alpha value is -3.37. The van der Waals surface area contributed by atoms with Crippen molar-refractivity contribution in [3.05, 3.63) is 47.6 Å². The third-order valence-electron chi connectivity index (χ3n) is 14.5. The van der Waals surface area contributed by atoms with Crippen LogP contribution in [-0.4, -0.2) is 132 Å². The van der Waals surface area contributed by atoms with E-state index in [0.29, 0.717) is 63.4 Å². The third-order valence-corrected chi connectivity index (χ3v) is 14.5. The largest absolute Gasteiger partial charge is 0.460 e. The first-order valence-corrected chi connectivity index (χ1v) is 23.9. The number of esters is 1. The molecular weight excluding hydrogens is 835 g/mol. The molecule has 0 unspecified atom stereocenters. The number of methoxy groups -OCH3 is 3. The van der Waals surface area contributed by atoms with Crippen molar-refractivity contribution in [2.75, 3.05) is 27.9 Å². The number of hydrogen-bond donors (Lipinski definition) is 3. The van der Waals surface area contributed by atoms with Crippen LogP contribution in [0.4, 0.5) is 0 Å². The van der Waals surface area contributed by atoms with E-state index in [4.69, 9.17) is 23.7 Å². The van der Waals surface area contributed by atoms with Crippen LogP contribution in [0.25, 0.3) is 0 Å². The van der Waals surface area contributed by atoms with Gasteiger partial charge in [0, 0.05) is 58.5 Å². The van der Waals surface area contributed by atoms with E-state index in [-0.39, 0.29) is 54.8 Å². The highest BCUT2D eigenvalue weighted by Crippen LogP contribution is 2.38. The van der Waals surface area contributed by atoms with Gasteiger partial charge in [0.25, 0.3) is 11.7 Å². The average molecular weight is 914 g/mol. The number of allylic oxidation sites excluding steroid dienone is 6. The molecular formula is C51H79NO13. The van der Waals surface area contributed by atoms with Crippen molar-refractivity contribution in [3.8, 4) is 0 Å². The number of aliphatic hydroxyl groups excluding tert-OH is 2. The molecule has 2 saturated heterocycles. The normalized spacial score (nSPS) is 39.1. The van der Waals surface area contributed by atoms with E-state index in [1.54, 1.807) is 41.1 Å². The van der Waals surface area contributed by atoms with Gasteiger partial charge in [0.2, 0.25) is 5.79 Å². The highest BCUT2D eigenvalue weighted by atomic mass is 16.6. The maximum atomic E-state index is 14.4. The van der Waals surface area contributed by atoms with Gasteiger partial charge in [-0.3, -0.25) is 19.2 Å². The second kappa shape index (κ2) is 25.1. The van der Waals surface area contributed by atoms with Gasteiger partial charge in [0.15, 0.2) is 5.78 Å². The molecule has 0 aromatic carbocycles. The molecule has 3 heterocycles. The van der Waals surface area contributed by atoms with E-state index in [1.165, 1.54) is 12.0 Å². The first-order valence-electron chi connectivity index (χ1n) is 23.9. The number of aliphatic hydroxyl groups is 3. The van der Waals surface area contributed by atoms with Crippen LogP contribution >= 0.6 is 0 Å². The van der Waals surface area contributed by atoms with Gasteiger partial charge in [-0.15, -0.1) is 0 Å². The average Bonchev–Trinajstić information content (AvgIpc) is 3.28. The monoisotopic (exact) mass is 914 g/mol. The van der Waals surface area contributed by atoms with Crippen LogP contribution in [0.1, 0.15) is 126 Å². The summed E-state index contributed by atoms with van der Waals surface area (Å²) in [6.07, 6.45) is 11.2. The van der Waals surface area contributed by atoms with Crippen LogP contribution < -0.4 is 0 Å². The molecule has 0 aromatic rings. The van der Waals surface area contributed by atoms with Crippen molar-refractivity contribution in [2.45, 2.75) is 180 Å². The van der Waals surface area contributed by atoms with Gasteiger partial charge in [-0.1, -0.05) is 71.1 Å². The van der Waals surface area contributed by atoms with Gasteiger partial charge in [0.1, 0.15) is 30.1 Å². The summed E-state index contributed by atoms with van der Waals surface area (Å²) in [5.74, 6) is -7.96. The smallest absolute Gasteiger partial charge is 0.329 e. The number of Topliss-reactive ketones (excluding diaryl/α,β-unsaturated/α-hetero) is 3. The van der Waals surface area contributed by atoms with Gasteiger partial charge >= 0.3 is 5.97 Å². The first-order chi connectivity index (χ1) is 30.7. The van der Waals surface area contributed by atoms with Gasteiger partial charge in [-0.2, -0.15) is 0 Å². The Morgan fingerprint density at radius 1 is 0.846 bits per heavy atom. The summed E-state index contributed by atoms with van der Waals surface area (Å²) < 4.78 is 29.4. The summed E-state index contributed by atoms with van der Waals surface area (Å²) in [6.45, 7) is 12.7. The predicted molar refractivity (Wildman–Crippen MR) is 245 cm³/mol. The van der Waals surface area contributed by atoms with Crippen molar-refractivity contribution >= 4 is 29.2 Å². The minimum Gasteiger partial charge on any atom is -0.460 e. The molecule has 65 heavy (non-hydrogen) atoms. The van der Waals surface area contributed by atoms with Gasteiger partial charge in [0.05, 0.1) is 24.4 Å². The highest BCUT2D eigenvalue weighted by Gasteiger charge is 2.53. The fraction of sp³-hybridized carbons (Fsp3) is 0.745. The SMILES string of the molecule is CO[C@H]1C[C@@H]2CC[C@@H](C)[C@@](O)(O2)C(=O)C(=O)N2CCCC[C@H]2C(=O)O[C@H]([C@H](C)C[C@@H]2CC[C@@H](O)[C@H](OC)C2)CC(=O)[C@H](C)/C=C(/C)[C@@H](O)[C@@H](OC)C(=O)[C@H](C)C[C@H](C)/C=C/C=CC=C1C. The van der Waals surface area contributed by atoms with Crippen molar-refractivity contribution < 1.29 is 63.0 Å². The van der Waals surface area contributed by atoms with E-state index in [0.717, 1.165) is 12.0 Å². The lowest BCUT2D eigenvalue weighted by Crippen LogP contribution is -2.61. The molecule has 2 bridgehead atoms. The molecule has 3 fully saturated rings. The van der Waals surface area contributed by atoms with E-state index < -0.39 is 83.9 Å². The van der Waals surface area contributed by atoms with Crippen LogP contribution in [0.15, 0.2) is 47.6 Å². The second-order valence-corrected chi connectivity index (χ2v) is 19.6. The lowest BCUT2D eigenvalue weighted by molar-refractivity contribution is -0.265. The molecule has 0 aromatic heterocycles. The molecule has 0 spiro atoms. The van der Waals surface area contributed by atoms with Gasteiger partial charge < -0.3 is 43.9 Å². The molecule has 14 nitrogen and oxygen atoms in total. The lowest BCUT2D eigenvalue weighted by atomic mass is 9.78. The van der Waals surface area contributed by atoms with Gasteiger partial charge in [-0.25, -0.2) is 4.79 Å². The number of carbonyl (C=O) groups is 5. The Morgan fingerprint density at radius 2 is 1.57 bits per heavy atom. The summed E-state index contributed by atoms with van der Waals surface area (Å²) in [5.41, 5.74) is 1.27. The fourth-order valence-corrected chi connectivity index (χ4v) is 10.1. The summed E-state index contributed by atoms with van der Waals surface area (Å²) >= 11 is 0. The van der Waals surface area contributed by atoms with Crippen LogP contribution in [-0.2, 0) is 47.7 Å². The van der Waals surface area contributed by atoms with Crippen molar-refractivity contribution in [3.63, 3.8) is 0 Å². The Bertz CT molecular complexity index is 1760. The van der Waals surface area contributed by atoms with E-state index in [9.17, 15) is 39.3 Å². The Balaban J connectivity index is 1.70. The molecule has 1 saturated carbocycles. The predicted octanol–water partition coefficient (Wildman–Crippen LogP) is 6.18. The fourth-order valence-electron chi connectivity index (χ4n) is 10.1. The number of piperidine rings is 1. The minimum atomic E-state index is -2.43. The zero-order valence-electron chi connectivity index (χ0n) is 40.6. The number of hydrogen-bond acceptors (Lipinski definition) is 13. The van der Waals surface area contributed by atoms with Crippen molar-refractivity contribution in [2.24, 2.45) is 35.5 Å². The summed E-state index contributed by atoms with van der Waals surface area (Å²) in [6, 6.07) is -1.14. The molecule has 1 amide bonds. The number of nitrogens with zero attached hydrogens (tertiary/aromatic N) is 1. The number of amides is 1. The van der Waals surface area contributed by atoms with E-state index >= 15 is 0 Å². The molecule has 4 rings (SSSR count). The quantitative estimate of drug-likeness (QED) is 0.156. The van der Waals surface area contributed by atoms with Crippen molar-refractivity contribution in [1.82, 2.24) is 4.90 Å². The second-order valence-electron chi connectivity index (χ2n) is 19.6. The van der Waals surface area contributed by atoms with E-state index in [2.05, 4.69) is 0 Å². The molecule has 3 N–H and O–H groups in total. The lowest BCUT2D eigenvalue weighted by Gasteiger charge is -2.42. The maximum Gasteiger partial charge on any atom is 0.329 e. The summed E-state index contributed by atoms with van der Waals surface area (Å²) in [7, 11) is 4.52. The maximum absolute atomic E-state index is 14.4. The zero-order valence-corrected chi connectivity index (χ0v) is 40.6. The number of carbonyl (C=O) groups excluding carboxylic acids is 5. The van der Waals surface area contributed by atoms with Crippen LogP contribution in [0.2, 0.25) is 0 Å². The van der Waals surface area contributed by atoms with Crippen molar-refractivity contribution in [1.29, 1.82) is 0 Å². The molecule has 366 valence electrons. The van der Waals surface area contributed by atoms with Crippen LogP contribution in [0.5, 0.6) is 0 Å². The molecule has 4 aliphatic rings. The Morgan fingerprint density at radius 3 is 2.25 bits per heavy atom. The first kappa shape index (κ1) is 54.2. The molecule has 15 atom stereocenters. The molecule has 3 aliphatic heterocycles. The number of fused-ring (bicyclic) bond motifs is 3. The summed E-state index contributed by atoms with van der Waals surface area (Å²) in [5, 5.41) is 33.8. The van der Waals surface area contributed by atoms with E-state index in [1.807, 2.05) is 58.1 Å². The topological polar surface area (TPSA) is 195 Å². The Kier molecular flexibility index (Phi) is 21.0. The zero-order chi connectivity index (χ0) is 48.2. The van der Waals surface area contributed by atoms with Crippen LogP contribution in [0.3, 0.4) is 0 Å². The standard InChI is InChI=1S/C51H79NO13/c1-30-16-12-11-13-17-31(2)42(61-8)28-38-21-19-36(7)51(60,65-38)48(57)49(58)52-23-15-14-18-39(52)50(59)64-43(33(4)26-37-20-22-40(53)44(27-37)62-9)29-41(54)32(3)25-35(6)46(56)47(63-10)45(55)34(5)24-30/h11-13,16-17,25,30,32-34,36-40,42-44,46-47,53,56,60H,14-15,18-24,26-29H2,1-10H3/b13-11?,16-12+,31-17?,35-25-/t30-,32-,33-,34-,36-,37+,38+,39+,40-,42+,43+,44-,46-,47+,51-/m1/s1. The Labute approximate surface area is 387 Å². The third kappa shape index (κ3) is 14.3. The number of ether oxygens (including phenoxy) is 5. The minimum absolute atomic E-state index is 0.0193. The van der Waals surface area contributed by atoms with Gasteiger partial charge in [-0.05, 0) is 107 Å².